The van der Waals surface area contributed by atoms with Gasteiger partial charge in [-0.25, -0.2) is 0 Å². The lowest BCUT2D eigenvalue weighted by Gasteiger charge is -2.00. The fraction of sp³-hybridized carbons (Fsp3) is 0.100. The molecule has 0 saturated heterocycles. The van der Waals surface area contributed by atoms with Crippen LogP contribution in [0.5, 0.6) is 0 Å². The molecule has 0 bridgehead atoms. The standard InChI is InChI=1S/C10H8BrNO/c1-7-4-2-3-5-8(7)9-6-13-12-10(9)11/h2-6H,1H3. The first kappa shape index (κ1) is 8.51. The van der Waals surface area contributed by atoms with E-state index in [1.165, 1.54) is 5.56 Å². The van der Waals surface area contributed by atoms with E-state index in [9.17, 15) is 0 Å². The van der Waals surface area contributed by atoms with Crippen molar-refractivity contribution in [2.24, 2.45) is 0 Å². The van der Waals surface area contributed by atoms with E-state index >= 15 is 0 Å². The predicted octanol–water partition coefficient (Wildman–Crippen LogP) is 3.41. The number of hydrogen-bond acceptors (Lipinski definition) is 2. The van der Waals surface area contributed by atoms with Gasteiger partial charge in [-0.3, -0.25) is 0 Å². The Morgan fingerprint density at radius 1 is 1.23 bits per heavy atom. The number of aromatic nitrogens is 1. The van der Waals surface area contributed by atoms with Gasteiger partial charge in [0, 0.05) is 0 Å². The zero-order chi connectivity index (χ0) is 9.26. The molecule has 0 aliphatic carbocycles. The highest BCUT2D eigenvalue weighted by Crippen LogP contribution is 2.29. The molecule has 1 heterocycles. The zero-order valence-electron chi connectivity index (χ0n) is 7.12. The normalized spacial score (nSPS) is 10.3. The van der Waals surface area contributed by atoms with Crippen molar-refractivity contribution in [2.75, 3.05) is 0 Å². The minimum atomic E-state index is 0.752. The first-order valence-electron chi connectivity index (χ1n) is 3.95. The Morgan fingerprint density at radius 2 is 2.00 bits per heavy atom. The lowest BCUT2D eigenvalue weighted by Crippen LogP contribution is -1.80. The molecule has 1 aromatic heterocycles. The summed E-state index contributed by atoms with van der Waals surface area (Å²) in [5, 5.41) is 3.78. The first-order valence-corrected chi connectivity index (χ1v) is 4.74. The van der Waals surface area contributed by atoms with Gasteiger partial charge in [-0.1, -0.05) is 29.4 Å². The highest BCUT2D eigenvalue weighted by Gasteiger charge is 2.08. The van der Waals surface area contributed by atoms with Gasteiger partial charge in [0.15, 0.2) is 4.60 Å². The van der Waals surface area contributed by atoms with Crippen LogP contribution in [-0.4, -0.2) is 5.16 Å². The molecule has 0 spiro atoms. The van der Waals surface area contributed by atoms with Gasteiger partial charge in [-0.05, 0) is 34.0 Å². The molecule has 0 aliphatic rings. The lowest BCUT2D eigenvalue weighted by atomic mass is 10.0. The second kappa shape index (κ2) is 3.34. The van der Waals surface area contributed by atoms with Gasteiger partial charge in [-0.2, -0.15) is 0 Å². The van der Waals surface area contributed by atoms with Gasteiger partial charge < -0.3 is 4.52 Å². The van der Waals surface area contributed by atoms with Crippen molar-refractivity contribution in [1.82, 2.24) is 5.16 Å². The van der Waals surface area contributed by atoms with Crippen LogP contribution in [-0.2, 0) is 0 Å². The van der Waals surface area contributed by atoms with Crippen LogP contribution in [0.1, 0.15) is 5.56 Å². The fourth-order valence-electron chi connectivity index (χ4n) is 1.27. The molecule has 0 fully saturated rings. The average molecular weight is 238 g/mol. The fourth-order valence-corrected chi connectivity index (χ4v) is 1.66. The third kappa shape index (κ3) is 1.52. The number of nitrogens with zero attached hydrogens (tertiary/aromatic N) is 1. The monoisotopic (exact) mass is 237 g/mol. The number of aryl methyl sites for hydroxylation is 1. The molecule has 13 heavy (non-hydrogen) atoms. The molecule has 0 N–H and O–H groups in total. The Morgan fingerprint density at radius 3 is 2.62 bits per heavy atom. The average Bonchev–Trinajstić information content (AvgIpc) is 2.52. The molecule has 1 aromatic carbocycles. The number of rotatable bonds is 1. The van der Waals surface area contributed by atoms with Gasteiger partial charge in [0.25, 0.3) is 0 Å². The Labute approximate surface area is 84.7 Å². The van der Waals surface area contributed by atoms with Gasteiger partial charge in [-0.15, -0.1) is 0 Å². The summed E-state index contributed by atoms with van der Waals surface area (Å²) in [5.41, 5.74) is 3.36. The molecule has 2 rings (SSSR count). The van der Waals surface area contributed by atoms with E-state index in [1.54, 1.807) is 6.26 Å². The largest absolute Gasteiger partial charge is 0.363 e. The maximum atomic E-state index is 4.86. The molecule has 0 unspecified atom stereocenters. The number of hydrogen-bond donors (Lipinski definition) is 0. The summed E-state index contributed by atoms with van der Waals surface area (Å²) in [6.45, 7) is 2.06. The minimum absolute atomic E-state index is 0.752. The van der Waals surface area contributed by atoms with E-state index in [-0.39, 0.29) is 0 Å². The van der Waals surface area contributed by atoms with E-state index in [2.05, 4.69) is 34.1 Å². The summed E-state index contributed by atoms with van der Waals surface area (Å²) in [5.74, 6) is 0. The lowest BCUT2D eigenvalue weighted by molar-refractivity contribution is 0.416. The second-order valence-electron chi connectivity index (χ2n) is 2.83. The van der Waals surface area contributed by atoms with E-state index in [0.29, 0.717) is 0 Å². The Kier molecular flexibility index (Phi) is 2.19. The third-order valence-electron chi connectivity index (χ3n) is 1.96. The van der Waals surface area contributed by atoms with Crippen molar-refractivity contribution in [3.63, 3.8) is 0 Å². The molecule has 0 saturated carbocycles. The van der Waals surface area contributed by atoms with Crippen LogP contribution in [0, 0.1) is 6.92 Å². The molecule has 0 aliphatic heterocycles. The van der Waals surface area contributed by atoms with Gasteiger partial charge >= 0.3 is 0 Å². The summed E-state index contributed by atoms with van der Waals surface area (Å²) < 4.78 is 5.61. The Hall–Kier alpha value is -1.09. The molecule has 66 valence electrons. The topological polar surface area (TPSA) is 26.0 Å². The highest BCUT2D eigenvalue weighted by molar-refractivity contribution is 9.10. The molecule has 0 amide bonds. The van der Waals surface area contributed by atoms with Crippen LogP contribution < -0.4 is 0 Å². The van der Waals surface area contributed by atoms with Gasteiger partial charge in [0.2, 0.25) is 0 Å². The zero-order valence-corrected chi connectivity index (χ0v) is 8.71. The third-order valence-corrected chi connectivity index (χ3v) is 2.53. The van der Waals surface area contributed by atoms with Crippen molar-refractivity contribution in [1.29, 1.82) is 0 Å². The summed E-state index contributed by atoms with van der Waals surface area (Å²) in [6, 6.07) is 8.13. The van der Waals surface area contributed by atoms with Gasteiger partial charge in [0.1, 0.15) is 6.26 Å². The van der Waals surface area contributed by atoms with Crippen molar-refractivity contribution < 1.29 is 4.52 Å². The maximum Gasteiger partial charge on any atom is 0.157 e. The SMILES string of the molecule is Cc1ccccc1-c1conc1Br. The van der Waals surface area contributed by atoms with Crippen molar-refractivity contribution in [2.45, 2.75) is 6.92 Å². The van der Waals surface area contributed by atoms with E-state index in [0.717, 1.165) is 15.7 Å². The molecule has 0 atom stereocenters. The molecule has 3 heteroatoms. The van der Waals surface area contributed by atoms with E-state index in [4.69, 9.17) is 4.52 Å². The molecule has 2 aromatic rings. The van der Waals surface area contributed by atoms with Crippen molar-refractivity contribution in [3.8, 4) is 11.1 Å². The second-order valence-corrected chi connectivity index (χ2v) is 3.59. The number of halogens is 1. The van der Waals surface area contributed by atoms with E-state index < -0.39 is 0 Å². The van der Waals surface area contributed by atoms with Crippen LogP contribution in [0.25, 0.3) is 11.1 Å². The summed E-state index contributed by atoms with van der Waals surface area (Å²) in [7, 11) is 0. The summed E-state index contributed by atoms with van der Waals surface area (Å²) in [6.07, 6.45) is 1.65. The molecule has 2 nitrogen and oxygen atoms in total. The molecule has 0 radical (unpaired) electrons. The van der Waals surface area contributed by atoms with Crippen molar-refractivity contribution >= 4 is 15.9 Å². The van der Waals surface area contributed by atoms with Crippen LogP contribution in [0.3, 0.4) is 0 Å². The smallest absolute Gasteiger partial charge is 0.157 e. The Balaban J connectivity index is 2.59. The van der Waals surface area contributed by atoms with Crippen LogP contribution in [0.2, 0.25) is 0 Å². The molecular weight excluding hydrogens is 230 g/mol. The van der Waals surface area contributed by atoms with Crippen LogP contribution in [0.4, 0.5) is 0 Å². The molecular formula is C10H8BrNO. The van der Waals surface area contributed by atoms with Crippen LogP contribution in [0.15, 0.2) is 39.7 Å². The quantitative estimate of drug-likeness (QED) is 0.760. The van der Waals surface area contributed by atoms with Crippen molar-refractivity contribution in [3.05, 3.63) is 40.7 Å². The summed E-state index contributed by atoms with van der Waals surface area (Å²) >= 11 is 3.33. The van der Waals surface area contributed by atoms with E-state index in [1.807, 2.05) is 18.2 Å². The number of benzene rings is 1. The van der Waals surface area contributed by atoms with Crippen LogP contribution >= 0.6 is 15.9 Å². The first-order chi connectivity index (χ1) is 6.29. The maximum absolute atomic E-state index is 4.86. The van der Waals surface area contributed by atoms with Gasteiger partial charge in [0.05, 0.1) is 5.56 Å². The highest BCUT2D eigenvalue weighted by atomic mass is 79.9. The minimum Gasteiger partial charge on any atom is -0.363 e. The predicted molar refractivity (Wildman–Crippen MR) is 54.4 cm³/mol. The Bertz CT molecular complexity index is 422. The summed E-state index contributed by atoms with van der Waals surface area (Å²) in [4.78, 5) is 0.